The van der Waals surface area contributed by atoms with Crippen molar-refractivity contribution in [2.24, 2.45) is 0 Å². The van der Waals surface area contributed by atoms with Crippen molar-refractivity contribution in [3.05, 3.63) is 46.8 Å². The average molecular weight is 321 g/mol. The fourth-order valence-electron chi connectivity index (χ4n) is 2.28. The number of carbonyl (C=O) groups is 2. The first kappa shape index (κ1) is 16.8. The van der Waals surface area contributed by atoms with Crippen LogP contribution in [0.3, 0.4) is 0 Å². The molecule has 0 aromatic carbocycles. The predicted octanol–water partition coefficient (Wildman–Crippen LogP) is 2.39. The zero-order valence-electron chi connectivity index (χ0n) is 13.5. The lowest BCUT2D eigenvalue weighted by Crippen LogP contribution is -2.18. The first-order valence-electron chi connectivity index (χ1n) is 6.97. The Labute approximate surface area is 133 Å². The van der Waals surface area contributed by atoms with Crippen molar-refractivity contribution in [2.45, 2.75) is 20.0 Å². The number of rotatable bonds is 6. The lowest BCUT2D eigenvalue weighted by molar-refractivity contribution is 0.0560. The van der Waals surface area contributed by atoms with Gasteiger partial charge in [0.1, 0.15) is 17.1 Å². The van der Waals surface area contributed by atoms with Gasteiger partial charge in [-0.3, -0.25) is 4.90 Å². The second-order valence-electron chi connectivity index (χ2n) is 5.11. The van der Waals surface area contributed by atoms with E-state index < -0.39 is 11.9 Å². The van der Waals surface area contributed by atoms with Crippen molar-refractivity contribution in [2.75, 3.05) is 21.3 Å². The molecule has 0 bridgehead atoms. The molecule has 0 aliphatic carbocycles. The van der Waals surface area contributed by atoms with Crippen LogP contribution in [0.1, 0.15) is 38.0 Å². The molecule has 2 aromatic heterocycles. The van der Waals surface area contributed by atoms with E-state index in [4.69, 9.17) is 13.6 Å². The lowest BCUT2D eigenvalue weighted by atomic mass is 10.2. The molecule has 0 atom stereocenters. The molecule has 0 amide bonds. The molecule has 2 aromatic rings. The molecule has 2 rings (SSSR count). The third-order valence-corrected chi connectivity index (χ3v) is 3.36. The summed E-state index contributed by atoms with van der Waals surface area (Å²) in [7, 11) is 4.50. The summed E-state index contributed by atoms with van der Waals surface area (Å²) in [5, 5.41) is 0. The van der Waals surface area contributed by atoms with Crippen LogP contribution in [0.2, 0.25) is 0 Å². The average Bonchev–Trinajstić information content (AvgIpc) is 3.12. The highest BCUT2D eigenvalue weighted by atomic mass is 16.5. The number of aryl methyl sites for hydroxylation is 1. The number of ether oxygens (including phenoxy) is 2. The Morgan fingerprint density at radius 1 is 1.17 bits per heavy atom. The number of hydrogen-bond acceptors (Lipinski definition) is 7. The van der Waals surface area contributed by atoms with Crippen LogP contribution in [0.4, 0.5) is 0 Å². The minimum absolute atomic E-state index is 0.185. The number of hydrogen-bond donors (Lipinski definition) is 0. The standard InChI is InChI=1S/C16H19NO6/c1-10-13(15(18)20-3)7-12(23-10)9-17(2)8-11-5-6-22-14(11)16(19)21-4/h5-7H,8-9H2,1-4H3. The van der Waals surface area contributed by atoms with Gasteiger partial charge >= 0.3 is 11.9 Å². The molecule has 0 saturated carbocycles. The van der Waals surface area contributed by atoms with Crippen molar-refractivity contribution in [3.63, 3.8) is 0 Å². The Balaban J connectivity index is 2.06. The maximum Gasteiger partial charge on any atom is 0.374 e. The highest BCUT2D eigenvalue weighted by molar-refractivity contribution is 5.90. The Hall–Kier alpha value is -2.54. The summed E-state index contributed by atoms with van der Waals surface area (Å²) in [5.74, 6) is 0.390. The molecule has 2 heterocycles. The van der Waals surface area contributed by atoms with E-state index in [0.717, 1.165) is 5.56 Å². The normalized spacial score (nSPS) is 10.8. The fraction of sp³-hybridized carbons (Fsp3) is 0.375. The van der Waals surface area contributed by atoms with Gasteiger partial charge in [-0.1, -0.05) is 0 Å². The van der Waals surface area contributed by atoms with Gasteiger partial charge in [-0.15, -0.1) is 0 Å². The van der Waals surface area contributed by atoms with Gasteiger partial charge in [-0.25, -0.2) is 9.59 Å². The molecular weight excluding hydrogens is 302 g/mol. The number of methoxy groups -OCH3 is 2. The second kappa shape index (κ2) is 7.15. The molecule has 0 saturated heterocycles. The van der Waals surface area contributed by atoms with Crippen molar-refractivity contribution < 1.29 is 27.9 Å². The maximum absolute atomic E-state index is 11.6. The smallest absolute Gasteiger partial charge is 0.374 e. The minimum atomic E-state index is -0.514. The highest BCUT2D eigenvalue weighted by Gasteiger charge is 2.19. The molecule has 124 valence electrons. The summed E-state index contributed by atoms with van der Waals surface area (Å²) in [6.07, 6.45) is 1.45. The summed E-state index contributed by atoms with van der Waals surface area (Å²) in [4.78, 5) is 25.1. The first-order chi connectivity index (χ1) is 11.0. The molecule has 0 N–H and O–H groups in total. The summed E-state index contributed by atoms with van der Waals surface area (Å²) in [5.41, 5.74) is 1.13. The van der Waals surface area contributed by atoms with Crippen LogP contribution < -0.4 is 0 Å². The minimum Gasteiger partial charge on any atom is -0.465 e. The fourth-order valence-corrected chi connectivity index (χ4v) is 2.28. The van der Waals surface area contributed by atoms with E-state index in [0.29, 0.717) is 30.2 Å². The van der Waals surface area contributed by atoms with E-state index in [1.54, 1.807) is 19.1 Å². The van der Waals surface area contributed by atoms with Crippen molar-refractivity contribution >= 4 is 11.9 Å². The van der Waals surface area contributed by atoms with E-state index in [9.17, 15) is 9.59 Å². The largest absolute Gasteiger partial charge is 0.465 e. The topological polar surface area (TPSA) is 82.1 Å². The van der Waals surface area contributed by atoms with Crippen molar-refractivity contribution in [1.82, 2.24) is 4.90 Å². The van der Waals surface area contributed by atoms with Crippen LogP contribution in [0, 0.1) is 6.92 Å². The van der Waals surface area contributed by atoms with E-state index in [-0.39, 0.29) is 5.76 Å². The van der Waals surface area contributed by atoms with Crippen LogP contribution in [0.15, 0.2) is 27.2 Å². The third-order valence-electron chi connectivity index (χ3n) is 3.36. The molecule has 0 unspecified atom stereocenters. The SMILES string of the molecule is COC(=O)c1cc(CN(C)Cc2ccoc2C(=O)OC)oc1C. The van der Waals surface area contributed by atoms with E-state index >= 15 is 0 Å². The third kappa shape index (κ3) is 3.81. The van der Waals surface area contributed by atoms with Gasteiger partial charge in [0.25, 0.3) is 0 Å². The van der Waals surface area contributed by atoms with Crippen molar-refractivity contribution in [1.29, 1.82) is 0 Å². The Bertz CT molecular complexity index is 699. The van der Waals surface area contributed by atoms with Gasteiger partial charge < -0.3 is 18.3 Å². The summed E-state index contributed by atoms with van der Waals surface area (Å²) in [6.45, 7) is 2.64. The van der Waals surface area contributed by atoms with Gasteiger partial charge in [-0.2, -0.15) is 0 Å². The number of furan rings is 2. The Morgan fingerprint density at radius 2 is 1.87 bits per heavy atom. The Kier molecular flexibility index (Phi) is 5.23. The summed E-state index contributed by atoms with van der Waals surface area (Å²) >= 11 is 0. The van der Waals surface area contributed by atoms with Crippen LogP contribution in [0.25, 0.3) is 0 Å². The predicted molar refractivity (Wildman–Crippen MR) is 80.0 cm³/mol. The van der Waals surface area contributed by atoms with Crippen LogP contribution in [-0.2, 0) is 22.6 Å². The van der Waals surface area contributed by atoms with E-state index in [2.05, 4.69) is 4.74 Å². The molecule has 0 radical (unpaired) electrons. The first-order valence-corrected chi connectivity index (χ1v) is 6.97. The summed E-state index contributed by atoms with van der Waals surface area (Å²) < 4.78 is 20.1. The van der Waals surface area contributed by atoms with Crippen LogP contribution in [-0.4, -0.2) is 38.1 Å². The molecule has 7 heteroatoms. The lowest BCUT2D eigenvalue weighted by Gasteiger charge is -2.14. The molecule has 23 heavy (non-hydrogen) atoms. The number of nitrogens with zero attached hydrogens (tertiary/aromatic N) is 1. The number of carbonyl (C=O) groups excluding carboxylic acids is 2. The summed E-state index contributed by atoms with van der Waals surface area (Å²) in [6, 6.07) is 3.38. The molecule has 7 nitrogen and oxygen atoms in total. The quantitative estimate of drug-likeness (QED) is 0.755. The molecule has 0 aliphatic rings. The second-order valence-corrected chi connectivity index (χ2v) is 5.11. The monoisotopic (exact) mass is 321 g/mol. The molecule has 0 aliphatic heterocycles. The molecular formula is C16H19NO6. The van der Waals surface area contributed by atoms with Gasteiger partial charge in [-0.05, 0) is 26.1 Å². The zero-order chi connectivity index (χ0) is 17.0. The van der Waals surface area contributed by atoms with Gasteiger partial charge in [0.05, 0.1) is 27.0 Å². The van der Waals surface area contributed by atoms with E-state index in [1.165, 1.54) is 20.5 Å². The van der Waals surface area contributed by atoms with Crippen molar-refractivity contribution in [3.8, 4) is 0 Å². The zero-order valence-corrected chi connectivity index (χ0v) is 13.5. The van der Waals surface area contributed by atoms with Gasteiger partial charge in [0.15, 0.2) is 0 Å². The van der Waals surface area contributed by atoms with Crippen LogP contribution >= 0.6 is 0 Å². The number of esters is 2. The molecule has 0 fully saturated rings. The Morgan fingerprint density at radius 3 is 2.52 bits per heavy atom. The van der Waals surface area contributed by atoms with Gasteiger partial charge in [0.2, 0.25) is 5.76 Å². The molecule has 0 spiro atoms. The maximum atomic E-state index is 11.6. The highest BCUT2D eigenvalue weighted by Crippen LogP contribution is 2.19. The van der Waals surface area contributed by atoms with Gasteiger partial charge in [0, 0.05) is 12.1 Å². The van der Waals surface area contributed by atoms with E-state index in [1.807, 2.05) is 11.9 Å². The van der Waals surface area contributed by atoms with Crippen LogP contribution in [0.5, 0.6) is 0 Å².